The number of nitrogens with one attached hydrogen (secondary N) is 1. The molecule has 1 N–H and O–H groups in total. The van der Waals surface area contributed by atoms with Crippen LogP contribution >= 0.6 is 12.2 Å². The zero-order valence-corrected chi connectivity index (χ0v) is 13.2. The van der Waals surface area contributed by atoms with Gasteiger partial charge in [-0.3, -0.25) is 10.1 Å². The molecule has 0 spiro atoms. The fourth-order valence-electron chi connectivity index (χ4n) is 2.09. The molecule has 0 aliphatic rings. The summed E-state index contributed by atoms with van der Waals surface area (Å²) in [6, 6.07) is 16.2. The summed E-state index contributed by atoms with van der Waals surface area (Å²) >= 11 is 5.48. The fourth-order valence-corrected chi connectivity index (χ4v) is 2.52. The van der Waals surface area contributed by atoms with Crippen molar-refractivity contribution < 1.29 is 4.92 Å². The largest absolute Gasteiger partial charge is 0.332 e. The second-order valence-corrected chi connectivity index (χ2v) is 5.42. The summed E-state index contributed by atoms with van der Waals surface area (Å²) in [5.74, 6) is 0. The lowest BCUT2D eigenvalue weighted by atomic mass is 10.2. The molecule has 0 atom stereocenters. The first-order chi connectivity index (χ1) is 10.5. The molecule has 0 heterocycles. The molecule has 0 aromatic heterocycles. The highest BCUT2D eigenvalue weighted by Gasteiger charge is 2.16. The molecule has 0 saturated carbocycles. The standard InChI is InChI=1S/C16H17N3O2S/c1-12(2)18(14-6-4-3-5-7-14)16(22)17-13-8-10-15(11-9-13)19(20)21/h3-12H,1-2H3,(H,17,22). The highest BCUT2D eigenvalue weighted by atomic mass is 32.1. The summed E-state index contributed by atoms with van der Waals surface area (Å²) in [6.45, 7) is 4.10. The van der Waals surface area contributed by atoms with Gasteiger partial charge in [-0.2, -0.15) is 0 Å². The summed E-state index contributed by atoms with van der Waals surface area (Å²) in [5, 5.41) is 14.3. The lowest BCUT2D eigenvalue weighted by Gasteiger charge is -2.29. The van der Waals surface area contributed by atoms with Gasteiger partial charge in [-0.25, -0.2) is 0 Å². The van der Waals surface area contributed by atoms with Crippen LogP contribution in [0.4, 0.5) is 17.1 Å². The van der Waals surface area contributed by atoms with Gasteiger partial charge in [0.05, 0.1) is 4.92 Å². The smallest absolute Gasteiger partial charge is 0.269 e. The highest BCUT2D eigenvalue weighted by Crippen LogP contribution is 2.20. The quantitative estimate of drug-likeness (QED) is 0.520. The number of nitro groups is 1. The van der Waals surface area contributed by atoms with Crippen molar-refractivity contribution in [1.29, 1.82) is 0 Å². The Morgan fingerprint density at radius 2 is 1.73 bits per heavy atom. The molecule has 0 saturated heterocycles. The van der Waals surface area contributed by atoms with Crippen molar-refractivity contribution in [3.05, 3.63) is 64.7 Å². The monoisotopic (exact) mass is 315 g/mol. The van der Waals surface area contributed by atoms with Gasteiger partial charge in [-0.1, -0.05) is 18.2 Å². The van der Waals surface area contributed by atoms with E-state index in [1.807, 2.05) is 35.2 Å². The maximum Gasteiger partial charge on any atom is 0.269 e. The third kappa shape index (κ3) is 3.79. The van der Waals surface area contributed by atoms with E-state index in [9.17, 15) is 10.1 Å². The van der Waals surface area contributed by atoms with Crippen molar-refractivity contribution in [3.8, 4) is 0 Å². The van der Waals surface area contributed by atoms with Crippen LogP contribution in [0, 0.1) is 10.1 Å². The minimum absolute atomic E-state index is 0.0558. The number of thiocarbonyl (C=S) groups is 1. The summed E-state index contributed by atoms with van der Waals surface area (Å²) < 4.78 is 0. The molecule has 5 nitrogen and oxygen atoms in total. The van der Waals surface area contributed by atoms with Gasteiger partial charge in [0.1, 0.15) is 0 Å². The number of nitro benzene ring substituents is 1. The Hall–Kier alpha value is -2.47. The molecule has 0 aliphatic carbocycles. The van der Waals surface area contributed by atoms with E-state index in [0.717, 1.165) is 11.4 Å². The number of anilines is 2. The lowest BCUT2D eigenvalue weighted by Crippen LogP contribution is -2.40. The Morgan fingerprint density at radius 1 is 1.14 bits per heavy atom. The fraction of sp³-hybridized carbons (Fsp3) is 0.188. The third-order valence-electron chi connectivity index (χ3n) is 3.10. The molecule has 2 rings (SSSR count). The third-order valence-corrected chi connectivity index (χ3v) is 3.40. The van der Waals surface area contributed by atoms with Crippen molar-refractivity contribution in [3.63, 3.8) is 0 Å². The van der Waals surface area contributed by atoms with Crippen LogP contribution in [0.5, 0.6) is 0 Å². The van der Waals surface area contributed by atoms with Crippen LogP contribution in [-0.2, 0) is 0 Å². The average Bonchev–Trinajstić information content (AvgIpc) is 2.48. The summed E-state index contributed by atoms with van der Waals surface area (Å²) in [5.41, 5.74) is 1.77. The first kappa shape index (κ1) is 15.9. The van der Waals surface area contributed by atoms with E-state index < -0.39 is 4.92 Å². The number of para-hydroxylation sites is 1. The summed E-state index contributed by atoms with van der Waals surface area (Å²) in [4.78, 5) is 12.2. The maximum absolute atomic E-state index is 10.7. The SMILES string of the molecule is CC(C)N(C(=S)Nc1ccc([N+](=O)[O-])cc1)c1ccccc1. The van der Waals surface area contributed by atoms with Gasteiger partial charge in [-0.15, -0.1) is 0 Å². The molecule has 0 unspecified atom stereocenters. The Bertz CT molecular complexity index is 657. The van der Waals surface area contributed by atoms with Crippen molar-refractivity contribution in [2.75, 3.05) is 10.2 Å². The van der Waals surface area contributed by atoms with Gasteiger partial charge in [0.25, 0.3) is 5.69 Å². The minimum Gasteiger partial charge on any atom is -0.332 e. The van der Waals surface area contributed by atoms with Gasteiger partial charge in [-0.05, 0) is 50.3 Å². The van der Waals surface area contributed by atoms with Crippen molar-refractivity contribution in [2.45, 2.75) is 19.9 Å². The van der Waals surface area contributed by atoms with Crippen molar-refractivity contribution in [2.24, 2.45) is 0 Å². The van der Waals surface area contributed by atoms with Crippen LogP contribution in [0.15, 0.2) is 54.6 Å². The van der Waals surface area contributed by atoms with Crippen molar-refractivity contribution in [1.82, 2.24) is 0 Å². The first-order valence-electron chi connectivity index (χ1n) is 6.89. The molecule has 0 fully saturated rings. The van der Waals surface area contributed by atoms with E-state index in [-0.39, 0.29) is 11.7 Å². The van der Waals surface area contributed by atoms with Crippen LogP contribution in [0.25, 0.3) is 0 Å². The Balaban J connectivity index is 2.16. The molecular formula is C16H17N3O2S. The van der Waals surface area contributed by atoms with Gasteiger partial charge in [0.2, 0.25) is 0 Å². The normalized spacial score (nSPS) is 10.3. The van der Waals surface area contributed by atoms with Crippen LogP contribution in [0.3, 0.4) is 0 Å². The number of rotatable bonds is 4. The average molecular weight is 315 g/mol. The van der Waals surface area contributed by atoms with Crippen LogP contribution in [0.1, 0.15) is 13.8 Å². The van der Waals surface area contributed by atoms with E-state index >= 15 is 0 Å². The zero-order valence-electron chi connectivity index (χ0n) is 12.4. The second-order valence-electron chi connectivity index (χ2n) is 5.03. The first-order valence-corrected chi connectivity index (χ1v) is 7.29. The lowest BCUT2D eigenvalue weighted by molar-refractivity contribution is -0.384. The van der Waals surface area contributed by atoms with Gasteiger partial charge >= 0.3 is 0 Å². The molecule has 22 heavy (non-hydrogen) atoms. The topological polar surface area (TPSA) is 58.4 Å². The molecule has 6 heteroatoms. The molecular weight excluding hydrogens is 298 g/mol. The van der Waals surface area contributed by atoms with Crippen molar-refractivity contribution >= 4 is 34.4 Å². The highest BCUT2D eigenvalue weighted by molar-refractivity contribution is 7.80. The van der Waals surface area contributed by atoms with E-state index in [1.165, 1.54) is 12.1 Å². The van der Waals surface area contributed by atoms with Crippen LogP contribution < -0.4 is 10.2 Å². The van der Waals surface area contributed by atoms with Gasteiger partial charge < -0.3 is 10.2 Å². The molecule has 0 amide bonds. The van der Waals surface area contributed by atoms with E-state index in [4.69, 9.17) is 12.2 Å². The van der Waals surface area contributed by atoms with E-state index in [1.54, 1.807) is 12.1 Å². The molecule has 0 bridgehead atoms. The predicted molar refractivity (Wildman–Crippen MR) is 93.4 cm³/mol. The maximum atomic E-state index is 10.7. The number of hydrogen-bond donors (Lipinski definition) is 1. The predicted octanol–water partition coefficient (Wildman–Crippen LogP) is 4.21. The minimum atomic E-state index is -0.424. The van der Waals surface area contributed by atoms with E-state index in [2.05, 4.69) is 19.2 Å². The molecule has 2 aromatic carbocycles. The molecule has 114 valence electrons. The summed E-state index contributed by atoms with van der Waals surface area (Å²) in [6.07, 6.45) is 0. The second kappa shape index (κ2) is 7.00. The van der Waals surface area contributed by atoms with Crippen LogP contribution in [-0.4, -0.2) is 16.1 Å². The molecule has 0 radical (unpaired) electrons. The zero-order chi connectivity index (χ0) is 16.1. The molecule has 2 aromatic rings. The number of hydrogen-bond acceptors (Lipinski definition) is 3. The molecule has 0 aliphatic heterocycles. The van der Waals surface area contributed by atoms with Gasteiger partial charge in [0, 0.05) is 29.5 Å². The van der Waals surface area contributed by atoms with Crippen LogP contribution in [0.2, 0.25) is 0 Å². The Morgan fingerprint density at radius 3 is 2.23 bits per heavy atom. The number of benzene rings is 2. The Labute approximate surface area is 134 Å². The summed E-state index contributed by atoms with van der Waals surface area (Å²) in [7, 11) is 0. The Kier molecular flexibility index (Phi) is 5.06. The van der Waals surface area contributed by atoms with Gasteiger partial charge in [0.15, 0.2) is 5.11 Å². The number of non-ortho nitro benzene ring substituents is 1. The number of nitrogens with zero attached hydrogens (tertiary/aromatic N) is 2. The van der Waals surface area contributed by atoms with E-state index in [0.29, 0.717) is 5.11 Å².